The molecule has 92 valence electrons. The summed E-state index contributed by atoms with van der Waals surface area (Å²) in [7, 11) is 0. The highest BCUT2D eigenvalue weighted by atomic mass is 32.2. The van der Waals surface area contributed by atoms with Gasteiger partial charge in [-0.1, -0.05) is 60.7 Å². The fourth-order valence-electron chi connectivity index (χ4n) is 2.36. The Morgan fingerprint density at radius 1 is 0.944 bits per heavy atom. The summed E-state index contributed by atoms with van der Waals surface area (Å²) in [4.78, 5) is 0. The topological polar surface area (TPSA) is 12.0 Å². The highest BCUT2D eigenvalue weighted by Gasteiger charge is 2.25. The van der Waals surface area contributed by atoms with E-state index in [9.17, 15) is 0 Å². The second kappa shape index (κ2) is 5.59. The Labute approximate surface area is 113 Å². The lowest BCUT2D eigenvalue weighted by Gasteiger charge is -2.13. The molecule has 0 spiro atoms. The number of rotatable bonds is 3. The third kappa shape index (κ3) is 2.77. The van der Waals surface area contributed by atoms with Crippen molar-refractivity contribution in [1.82, 2.24) is 5.32 Å². The van der Waals surface area contributed by atoms with Crippen LogP contribution in [0.1, 0.15) is 16.5 Å². The highest BCUT2D eigenvalue weighted by molar-refractivity contribution is 7.99. The maximum absolute atomic E-state index is 3.72. The van der Waals surface area contributed by atoms with Gasteiger partial charge in [-0.15, -0.1) is 11.8 Å². The zero-order valence-electron chi connectivity index (χ0n) is 10.3. The summed E-state index contributed by atoms with van der Waals surface area (Å²) >= 11 is 2.01. The van der Waals surface area contributed by atoms with Crippen LogP contribution in [0.4, 0.5) is 0 Å². The second-order valence-corrected chi connectivity index (χ2v) is 5.82. The molecule has 2 heteroatoms. The number of thioether (sulfide) groups is 1. The Kier molecular flexibility index (Phi) is 3.67. The van der Waals surface area contributed by atoms with Gasteiger partial charge in [0.05, 0.1) is 5.37 Å². The molecule has 1 nitrogen and oxygen atoms in total. The molecular weight excluding hydrogens is 238 g/mol. The average molecular weight is 255 g/mol. The summed E-state index contributed by atoms with van der Waals surface area (Å²) in [6.07, 6.45) is 1.12. The largest absolute Gasteiger partial charge is 0.298 e. The van der Waals surface area contributed by atoms with Crippen molar-refractivity contribution in [3.8, 4) is 0 Å². The first kappa shape index (κ1) is 11.8. The Morgan fingerprint density at radius 3 is 2.33 bits per heavy atom. The lowest BCUT2D eigenvalue weighted by atomic mass is 10.1. The molecule has 2 aromatic rings. The van der Waals surface area contributed by atoms with E-state index in [0.717, 1.165) is 6.42 Å². The van der Waals surface area contributed by atoms with E-state index in [1.807, 2.05) is 11.8 Å². The summed E-state index contributed by atoms with van der Waals surface area (Å²) in [5, 5.41) is 4.18. The maximum Gasteiger partial charge on any atom is 0.0792 e. The quantitative estimate of drug-likeness (QED) is 0.899. The molecule has 1 heterocycles. The summed E-state index contributed by atoms with van der Waals surface area (Å²) in [6, 6.07) is 22.0. The summed E-state index contributed by atoms with van der Waals surface area (Å²) in [6.45, 7) is 0. The fraction of sp³-hybridized carbons (Fsp3) is 0.250. The van der Waals surface area contributed by atoms with Crippen molar-refractivity contribution < 1.29 is 0 Å². The van der Waals surface area contributed by atoms with E-state index in [2.05, 4.69) is 66.0 Å². The number of benzene rings is 2. The van der Waals surface area contributed by atoms with Gasteiger partial charge in [0.1, 0.15) is 0 Å². The zero-order valence-corrected chi connectivity index (χ0v) is 11.1. The molecule has 2 unspecified atom stereocenters. The predicted octanol–water partition coefficient (Wildman–Crippen LogP) is 3.63. The molecule has 1 aliphatic heterocycles. The van der Waals surface area contributed by atoms with Crippen LogP contribution in [0.25, 0.3) is 0 Å². The third-order valence-corrected chi connectivity index (χ3v) is 4.61. The number of hydrogen-bond donors (Lipinski definition) is 1. The van der Waals surface area contributed by atoms with Gasteiger partial charge < -0.3 is 0 Å². The molecular formula is C16H17NS. The molecule has 18 heavy (non-hydrogen) atoms. The lowest BCUT2D eigenvalue weighted by molar-refractivity contribution is 0.573. The van der Waals surface area contributed by atoms with Crippen LogP contribution >= 0.6 is 11.8 Å². The van der Waals surface area contributed by atoms with Crippen LogP contribution in [0.15, 0.2) is 60.7 Å². The molecule has 0 radical (unpaired) electrons. The van der Waals surface area contributed by atoms with Crippen molar-refractivity contribution in [2.75, 3.05) is 5.75 Å². The first-order valence-electron chi connectivity index (χ1n) is 6.38. The number of nitrogens with one attached hydrogen (secondary N) is 1. The minimum Gasteiger partial charge on any atom is -0.298 e. The van der Waals surface area contributed by atoms with Crippen LogP contribution in [0.5, 0.6) is 0 Å². The zero-order chi connectivity index (χ0) is 12.2. The Morgan fingerprint density at radius 2 is 1.61 bits per heavy atom. The monoisotopic (exact) mass is 255 g/mol. The van der Waals surface area contributed by atoms with E-state index in [1.54, 1.807) is 0 Å². The number of hydrogen-bond acceptors (Lipinski definition) is 2. The molecule has 1 aliphatic rings. The second-order valence-electron chi connectivity index (χ2n) is 4.68. The van der Waals surface area contributed by atoms with Gasteiger partial charge in [-0.2, -0.15) is 0 Å². The smallest absolute Gasteiger partial charge is 0.0792 e. The van der Waals surface area contributed by atoms with E-state index in [-0.39, 0.29) is 0 Å². The van der Waals surface area contributed by atoms with Gasteiger partial charge in [0.15, 0.2) is 0 Å². The van der Waals surface area contributed by atoms with Crippen molar-refractivity contribution in [2.45, 2.75) is 17.8 Å². The van der Waals surface area contributed by atoms with Crippen LogP contribution in [0.2, 0.25) is 0 Å². The minimum absolute atomic E-state index is 0.458. The van der Waals surface area contributed by atoms with Gasteiger partial charge in [-0.05, 0) is 17.5 Å². The molecule has 1 fully saturated rings. The Hall–Kier alpha value is -1.25. The lowest BCUT2D eigenvalue weighted by Crippen LogP contribution is -2.27. The van der Waals surface area contributed by atoms with Crippen molar-refractivity contribution in [3.05, 3.63) is 71.8 Å². The van der Waals surface area contributed by atoms with Crippen LogP contribution in [-0.2, 0) is 6.42 Å². The molecule has 1 saturated heterocycles. The molecule has 0 aliphatic carbocycles. The highest BCUT2D eigenvalue weighted by Crippen LogP contribution is 2.33. The van der Waals surface area contributed by atoms with E-state index in [4.69, 9.17) is 0 Å². The normalized spacial score (nSPS) is 23.1. The van der Waals surface area contributed by atoms with Crippen LogP contribution in [-0.4, -0.2) is 11.8 Å². The Balaban J connectivity index is 1.62. The molecule has 0 amide bonds. The molecule has 0 saturated carbocycles. The van der Waals surface area contributed by atoms with E-state index in [0.29, 0.717) is 11.4 Å². The van der Waals surface area contributed by atoms with Gasteiger partial charge in [0.25, 0.3) is 0 Å². The van der Waals surface area contributed by atoms with Crippen molar-refractivity contribution in [3.63, 3.8) is 0 Å². The SMILES string of the molecule is c1ccc(CC2CSC(c3ccccc3)N2)cc1. The molecule has 3 rings (SSSR count). The Bertz CT molecular complexity index is 483. The van der Waals surface area contributed by atoms with E-state index < -0.39 is 0 Å². The van der Waals surface area contributed by atoms with Crippen molar-refractivity contribution >= 4 is 11.8 Å². The molecule has 1 N–H and O–H groups in total. The van der Waals surface area contributed by atoms with Crippen molar-refractivity contribution in [2.24, 2.45) is 0 Å². The first-order chi connectivity index (χ1) is 8.92. The summed E-state index contributed by atoms with van der Waals surface area (Å²) < 4.78 is 0. The third-order valence-electron chi connectivity index (χ3n) is 3.28. The van der Waals surface area contributed by atoms with E-state index >= 15 is 0 Å². The first-order valence-corrected chi connectivity index (χ1v) is 7.43. The van der Waals surface area contributed by atoms with Gasteiger partial charge in [0, 0.05) is 11.8 Å². The van der Waals surface area contributed by atoms with Gasteiger partial charge in [0.2, 0.25) is 0 Å². The molecule has 2 aromatic carbocycles. The van der Waals surface area contributed by atoms with Crippen LogP contribution in [0.3, 0.4) is 0 Å². The molecule has 0 aromatic heterocycles. The molecule has 2 atom stereocenters. The summed E-state index contributed by atoms with van der Waals surface area (Å²) in [5.41, 5.74) is 2.81. The van der Waals surface area contributed by atoms with E-state index in [1.165, 1.54) is 16.9 Å². The van der Waals surface area contributed by atoms with Crippen LogP contribution < -0.4 is 5.32 Å². The van der Waals surface area contributed by atoms with Gasteiger partial charge in [-0.25, -0.2) is 0 Å². The average Bonchev–Trinajstić information content (AvgIpc) is 2.89. The molecule has 0 bridgehead atoms. The minimum atomic E-state index is 0.458. The predicted molar refractivity (Wildman–Crippen MR) is 78.7 cm³/mol. The maximum atomic E-state index is 3.72. The van der Waals surface area contributed by atoms with Gasteiger partial charge >= 0.3 is 0 Å². The fourth-order valence-corrected chi connectivity index (χ4v) is 3.64. The van der Waals surface area contributed by atoms with Crippen molar-refractivity contribution in [1.29, 1.82) is 0 Å². The standard InChI is InChI=1S/C16H17NS/c1-3-7-13(8-4-1)11-15-12-18-16(17-15)14-9-5-2-6-10-14/h1-10,15-17H,11-12H2. The summed E-state index contributed by atoms with van der Waals surface area (Å²) in [5.74, 6) is 1.19. The van der Waals surface area contributed by atoms with Crippen LogP contribution in [0, 0.1) is 0 Å². The van der Waals surface area contributed by atoms with Gasteiger partial charge in [-0.3, -0.25) is 5.32 Å².